The standard InChI is InChI=1S/C22H23Cl2N5O2/c1-31-13-8-25-22(30)20-16-4-2-3-5-17(16)21(27-26-20)29-11-9-28(10-12-29)15-6-7-18(23)19(24)14-15/h2-7,14H,8-13H2,1H3,(H,25,30). The number of benzene rings is 2. The zero-order chi connectivity index (χ0) is 21.8. The molecule has 1 N–H and O–H groups in total. The summed E-state index contributed by atoms with van der Waals surface area (Å²) in [6, 6.07) is 13.4. The lowest BCUT2D eigenvalue weighted by atomic mass is 10.1. The molecule has 1 fully saturated rings. The van der Waals surface area contributed by atoms with Crippen molar-refractivity contribution in [3.8, 4) is 0 Å². The molecule has 0 aliphatic carbocycles. The molecule has 2 aromatic carbocycles. The van der Waals surface area contributed by atoms with Crippen molar-refractivity contribution in [1.82, 2.24) is 15.5 Å². The molecule has 0 unspecified atom stereocenters. The maximum atomic E-state index is 12.6. The highest BCUT2D eigenvalue weighted by Crippen LogP contribution is 2.30. The summed E-state index contributed by atoms with van der Waals surface area (Å²) in [5.41, 5.74) is 1.37. The minimum atomic E-state index is -0.253. The van der Waals surface area contributed by atoms with E-state index in [-0.39, 0.29) is 5.91 Å². The first-order chi connectivity index (χ1) is 15.1. The van der Waals surface area contributed by atoms with Crippen LogP contribution in [-0.4, -0.2) is 62.5 Å². The van der Waals surface area contributed by atoms with Crippen molar-refractivity contribution in [2.75, 3.05) is 56.2 Å². The molecule has 1 aliphatic heterocycles. The molecule has 2 heterocycles. The van der Waals surface area contributed by atoms with Crippen LogP contribution in [0.15, 0.2) is 42.5 Å². The van der Waals surface area contributed by atoms with Gasteiger partial charge in [0, 0.05) is 56.3 Å². The van der Waals surface area contributed by atoms with Crippen LogP contribution in [0.3, 0.4) is 0 Å². The van der Waals surface area contributed by atoms with Gasteiger partial charge in [0.1, 0.15) is 0 Å². The van der Waals surface area contributed by atoms with Crippen molar-refractivity contribution in [2.24, 2.45) is 0 Å². The number of hydrogen-bond donors (Lipinski definition) is 1. The lowest BCUT2D eigenvalue weighted by Crippen LogP contribution is -2.47. The first-order valence-electron chi connectivity index (χ1n) is 10.1. The molecule has 162 valence electrons. The number of rotatable bonds is 6. The second-order valence-corrected chi connectivity index (χ2v) is 8.05. The molecule has 1 aliphatic rings. The zero-order valence-electron chi connectivity index (χ0n) is 17.1. The second-order valence-electron chi connectivity index (χ2n) is 7.24. The number of ether oxygens (including phenoxy) is 1. The van der Waals surface area contributed by atoms with Crippen molar-refractivity contribution < 1.29 is 9.53 Å². The molecule has 4 rings (SSSR count). The fourth-order valence-electron chi connectivity index (χ4n) is 3.70. The summed E-state index contributed by atoms with van der Waals surface area (Å²) in [7, 11) is 1.59. The molecule has 3 aromatic rings. The Bertz CT molecular complexity index is 1090. The minimum absolute atomic E-state index is 0.253. The molecule has 0 saturated carbocycles. The van der Waals surface area contributed by atoms with Gasteiger partial charge in [0.15, 0.2) is 11.5 Å². The third-order valence-corrected chi connectivity index (χ3v) is 6.06. The maximum Gasteiger partial charge on any atom is 0.272 e. The van der Waals surface area contributed by atoms with Crippen LogP contribution < -0.4 is 15.1 Å². The van der Waals surface area contributed by atoms with Crippen molar-refractivity contribution in [2.45, 2.75) is 0 Å². The summed E-state index contributed by atoms with van der Waals surface area (Å²) in [4.78, 5) is 17.0. The first kappa shape index (κ1) is 21.6. The fraction of sp³-hybridized carbons (Fsp3) is 0.318. The summed E-state index contributed by atoms with van der Waals surface area (Å²) >= 11 is 12.2. The van der Waals surface area contributed by atoms with E-state index in [1.54, 1.807) is 7.11 Å². The van der Waals surface area contributed by atoms with Gasteiger partial charge in [-0.2, -0.15) is 0 Å². The van der Waals surface area contributed by atoms with Crippen LogP contribution in [0.4, 0.5) is 11.5 Å². The lowest BCUT2D eigenvalue weighted by molar-refractivity contribution is 0.0933. The number of carbonyl (C=O) groups excluding carboxylic acids is 1. The molecule has 0 bridgehead atoms. The normalized spacial score (nSPS) is 14.2. The van der Waals surface area contributed by atoms with E-state index in [0.717, 1.165) is 48.5 Å². The quantitative estimate of drug-likeness (QED) is 0.567. The monoisotopic (exact) mass is 459 g/mol. The summed E-state index contributed by atoms with van der Waals surface area (Å²) in [5.74, 6) is 0.537. The first-order valence-corrected chi connectivity index (χ1v) is 10.8. The smallest absolute Gasteiger partial charge is 0.272 e. The van der Waals surface area contributed by atoms with Gasteiger partial charge < -0.3 is 19.9 Å². The predicted octanol–water partition coefficient (Wildman–Crippen LogP) is 3.64. The van der Waals surface area contributed by atoms with Crippen LogP contribution >= 0.6 is 23.2 Å². The predicted molar refractivity (Wildman–Crippen MR) is 125 cm³/mol. The summed E-state index contributed by atoms with van der Waals surface area (Å²) in [6.07, 6.45) is 0. The summed E-state index contributed by atoms with van der Waals surface area (Å²) in [5, 5.41) is 14.3. The molecular weight excluding hydrogens is 437 g/mol. The van der Waals surface area contributed by atoms with Crippen LogP contribution in [0.25, 0.3) is 10.8 Å². The Morgan fingerprint density at radius 1 is 1.00 bits per heavy atom. The third-order valence-electron chi connectivity index (χ3n) is 5.32. The van der Waals surface area contributed by atoms with Gasteiger partial charge in [0.25, 0.3) is 5.91 Å². The molecule has 1 amide bonds. The average Bonchev–Trinajstić information content (AvgIpc) is 2.80. The van der Waals surface area contributed by atoms with Crippen LogP contribution in [0.2, 0.25) is 10.0 Å². The van der Waals surface area contributed by atoms with Crippen molar-refractivity contribution >= 4 is 51.4 Å². The second kappa shape index (κ2) is 9.68. The molecule has 0 radical (unpaired) electrons. The van der Waals surface area contributed by atoms with E-state index in [9.17, 15) is 4.79 Å². The Labute approximate surface area is 190 Å². The van der Waals surface area contributed by atoms with Gasteiger partial charge in [-0.1, -0.05) is 47.5 Å². The lowest BCUT2D eigenvalue weighted by Gasteiger charge is -2.37. The van der Waals surface area contributed by atoms with E-state index in [2.05, 4.69) is 25.3 Å². The van der Waals surface area contributed by atoms with Gasteiger partial charge in [0.05, 0.1) is 16.7 Å². The SMILES string of the molecule is COCCNC(=O)c1nnc(N2CCN(c3ccc(Cl)c(Cl)c3)CC2)c2ccccc12. The topological polar surface area (TPSA) is 70.6 Å². The number of methoxy groups -OCH3 is 1. The van der Waals surface area contributed by atoms with Gasteiger partial charge in [0.2, 0.25) is 0 Å². The number of anilines is 2. The molecule has 1 aromatic heterocycles. The van der Waals surface area contributed by atoms with Crippen molar-refractivity contribution in [3.63, 3.8) is 0 Å². The number of halogens is 2. The van der Waals surface area contributed by atoms with Gasteiger partial charge >= 0.3 is 0 Å². The average molecular weight is 460 g/mol. The van der Waals surface area contributed by atoms with E-state index in [1.165, 1.54) is 0 Å². The van der Waals surface area contributed by atoms with E-state index < -0.39 is 0 Å². The molecule has 0 atom stereocenters. The van der Waals surface area contributed by atoms with Gasteiger partial charge in [-0.15, -0.1) is 10.2 Å². The van der Waals surface area contributed by atoms with E-state index >= 15 is 0 Å². The minimum Gasteiger partial charge on any atom is -0.383 e. The van der Waals surface area contributed by atoms with E-state index in [4.69, 9.17) is 27.9 Å². The molecule has 31 heavy (non-hydrogen) atoms. The third kappa shape index (κ3) is 4.69. The number of fused-ring (bicyclic) bond motifs is 1. The number of aromatic nitrogens is 2. The largest absolute Gasteiger partial charge is 0.383 e. The number of hydrogen-bond acceptors (Lipinski definition) is 6. The van der Waals surface area contributed by atoms with Crippen LogP contribution in [0.1, 0.15) is 10.5 Å². The molecular formula is C22H23Cl2N5O2. The molecule has 7 nitrogen and oxygen atoms in total. The molecule has 1 saturated heterocycles. The van der Waals surface area contributed by atoms with Crippen LogP contribution in [0, 0.1) is 0 Å². The maximum absolute atomic E-state index is 12.6. The Balaban J connectivity index is 1.53. The highest BCUT2D eigenvalue weighted by atomic mass is 35.5. The number of carbonyl (C=O) groups is 1. The van der Waals surface area contributed by atoms with Crippen molar-refractivity contribution in [1.29, 1.82) is 0 Å². The highest BCUT2D eigenvalue weighted by Gasteiger charge is 2.23. The number of nitrogens with zero attached hydrogens (tertiary/aromatic N) is 4. The Morgan fingerprint density at radius 2 is 1.71 bits per heavy atom. The summed E-state index contributed by atoms with van der Waals surface area (Å²) < 4.78 is 4.99. The number of nitrogens with one attached hydrogen (secondary N) is 1. The number of amides is 1. The van der Waals surface area contributed by atoms with Crippen molar-refractivity contribution in [3.05, 3.63) is 58.2 Å². The Hall–Kier alpha value is -2.61. The molecule has 9 heteroatoms. The van der Waals surface area contributed by atoms with Crippen LogP contribution in [0.5, 0.6) is 0 Å². The Kier molecular flexibility index (Phi) is 6.75. The molecule has 0 spiro atoms. The van der Waals surface area contributed by atoms with Gasteiger partial charge in [-0.25, -0.2) is 0 Å². The van der Waals surface area contributed by atoms with Crippen LogP contribution in [-0.2, 0) is 4.74 Å². The fourth-order valence-corrected chi connectivity index (χ4v) is 3.99. The van der Waals surface area contributed by atoms with E-state index in [1.807, 2.05) is 42.5 Å². The number of piperazine rings is 1. The van der Waals surface area contributed by atoms with Gasteiger partial charge in [-0.3, -0.25) is 4.79 Å². The Morgan fingerprint density at radius 3 is 2.42 bits per heavy atom. The zero-order valence-corrected chi connectivity index (χ0v) is 18.7. The van der Waals surface area contributed by atoms with Gasteiger partial charge in [-0.05, 0) is 18.2 Å². The summed E-state index contributed by atoms with van der Waals surface area (Å²) in [6.45, 7) is 4.04. The highest BCUT2D eigenvalue weighted by molar-refractivity contribution is 6.42. The van der Waals surface area contributed by atoms with E-state index in [0.29, 0.717) is 28.9 Å².